The minimum absolute atomic E-state index is 0.0236. The lowest BCUT2D eigenvalue weighted by Crippen LogP contribution is -2.44. The van der Waals surface area contributed by atoms with E-state index in [4.69, 9.17) is 4.74 Å². The van der Waals surface area contributed by atoms with Gasteiger partial charge in [-0.25, -0.2) is 9.18 Å². The molecule has 36 heavy (non-hydrogen) atoms. The molecule has 1 saturated carbocycles. The predicted molar refractivity (Wildman–Crippen MR) is 131 cm³/mol. The van der Waals surface area contributed by atoms with Crippen molar-refractivity contribution in [3.05, 3.63) is 67.5 Å². The van der Waals surface area contributed by atoms with Crippen molar-refractivity contribution in [2.75, 3.05) is 13.1 Å². The van der Waals surface area contributed by atoms with Crippen LogP contribution in [0.15, 0.2) is 33.9 Å². The SMILES string of the molecule is CCN(CCn1c2c(c(=O)c3cc(F)ccc31)-c1cc3c(c(=O)n1C2)COC(=O)[C@]3(O)CC)C1CC1. The summed E-state index contributed by atoms with van der Waals surface area (Å²) in [7, 11) is 0. The Hall–Kier alpha value is -3.30. The Morgan fingerprint density at radius 3 is 2.67 bits per heavy atom. The number of aromatic nitrogens is 2. The third kappa shape index (κ3) is 3.22. The summed E-state index contributed by atoms with van der Waals surface area (Å²) in [5, 5.41) is 11.3. The van der Waals surface area contributed by atoms with Gasteiger partial charge >= 0.3 is 5.97 Å². The third-order valence-electron chi connectivity index (χ3n) is 8.02. The van der Waals surface area contributed by atoms with E-state index in [9.17, 15) is 23.9 Å². The first kappa shape index (κ1) is 23.1. The van der Waals surface area contributed by atoms with Crippen molar-refractivity contribution in [2.45, 2.75) is 64.4 Å². The number of benzene rings is 1. The number of carbonyl (C=O) groups excluding carboxylic acids is 1. The fourth-order valence-corrected chi connectivity index (χ4v) is 5.84. The minimum atomic E-state index is -1.96. The maximum Gasteiger partial charge on any atom is 0.343 e. The molecular weight excluding hydrogens is 465 g/mol. The van der Waals surface area contributed by atoms with Gasteiger partial charge in [-0.15, -0.1) is 0 Å². The molecule has 0 unspecified atom stereocenters. The van der Waals surface area contributed by atoms with Crippen LogP contribution in [-0.4, -0.2) is 44.2 Å². The maximum absolute atomic E-state index is 14.3. The van der Waals surface area contributed by atoms with Crippen LogP contribution in [0.1, 0.15) is 49.9 Å². The highest BCUT2D eigenvalue weighted by molar-refractivity contribution is 5.88. The van der Waals surface area contributed by atoms with Gasteiger partial charge < -0.3 is 19.0 Å². The standard InChI is InChI=1S/C27H28FN3O5/c1-3-27(35)19-12-21-23-22(13-31(21)25(33)18(19)14-36-26(27)34)30(10-9-29(4-2)16-6-7-16)20-8-5-15(28)11-17(20)24(23)32/h5,8,11-12,16,35H,3-4,6-7,9-10,13-14H2,1-2H3/t27-/m0/s1. The second-order valence-electron chi connectivity index (χ2n) is 9.93. The van der Waals surface area contributed by atoms with E-state index in [2.05, 4.69) is 11.8 Å². The van der Waals surface area contributed by atoms with Gasteiger partial charge in [-0.2, -0.15) is 0 Å². The molecule has 4 heterocycles. The van der Waals surface area contributed by atoms with Crippen LogP contribution < -0.4 is 11.0 Å². The van der Waals surface area contributed by atoms with Crippen molar-refractivity contribution >= 4 is 16.9 Å². The number of pyridine rings is 2. The number of ether oxygens (including phenoxy) is 1. The van der Waals surface area contributed by atoms with Crippen molar-refractivity contribution in [3.8, 4) is 11.3 Å². The Kier molecular flexibility index (Phi) is 5.21. The quantitative estimate of drug-likeness (QED) is 0.415. The number of aliphatic hydroxyl groups is 1. The van der Waals surface area contributed by atoms with Crippen LogP contribution in [0, 0.1) is 5.82 Å². The summed E-state index contributed by atoms with van der Waals surface area (Å²) < 4.78 is 22.9. The molecule has 1 atom stereocenters. The molecule has 0 saturated heterocycles. The zero-order valence-corrected chi connectivity index (χ0v) is 20.3. The van der Waals surface area contributed by atoms with Crippen molar-refractivity contribution in [1.29, 1.82) is 0 Å². The summed E-state index contributed by atoms with van der Waals surface area (Å²) in [5.74, 6) is -1.32. The molecule has 0 amide bonds. The largest absolute Gasteiger partial charge is 0.458 e. The highest BCUT2D eigenvalue weighted by Gasteiger charge is 2.45. The molecule has 3 aliphatic rings. The third-order valence-corrected chi connectivity index (χ3v) is 8.02. The van der Waals surface area contributed by atoms with Gasteiger partial charge in [-0.3, -0.25) is 14.5 Å². The molecule has 9 heteroatoms. The monoisotopic (exact) mass is 493 g/mol. The number of hydrogen-bond donors (Lipinski definition) is 1. The average Bonchev–Trinajstić information content (AvgIpc) is 3.64. The first-order valence-electron chi connectivity index (χ1n) is 12.5. The molecule has 0 spiro atoms. The van der Waals surface area contributed by atoms with E-state index in [0.717, 1.165) is 13.1 Å². The van der Waals surface area contributed by atoms with Crippen LogP contribution in [0.5, 0.6) is 0 Å². The van der Waals surface area contributed by atoms with Crippen molar-refractivity contribution in [3.63, 3.8) is 0 Å². The lowest BCUT2D eigenvalue weighted by Gasteiger charge is -2.31. The Labute approximate surface area is 206 Å². The second kappa shape index (κ2) is 8.11. The van der Waals surface area contributed by atoms with Crippen LogP contribution in [0.4, 0.5) is 4.39 Å². The lowest BCUT2D eigenvalue weighted by molar-refractivity contribution is -0.172. The topological polar surface area (TPSA) is 93.8 Å². The Bertz CT molecular complexity index is 1550. The van der Waals surface area contributed by atoms with Gasteiger partial charge in [-0.05, 0) is 50.1 Å². The number of fused-ring (bicyclic) bond motifs is 5. The molecule has 2 aromatic heterocycles. The van der Waals surface area contributed by atoms with Gasteiger partial charge in [0.05, 0.1) is 34.6 Å². The predicted octanol–water partition coefficient (Wildman–Crippen LogP) is 2.47. The van der Waals surface area contributed by atoms with Crippen LogP contribution in [-0.2, 0) is 34.8 Å². The average molecular weight is 494 g/mol. The van der Waals surface area contributed by atoms with E-state index in [1.165, 1.54) is 29.5 Å². The van der Waals surface area contributed by atoms with Crippen LogP contribution in [0.3, 0.4) is 0 Å². The number of carbonyl (C=O) groups is 1. The van der Waals surface area contributed by atoms with Crippen molar-refractivity contribution < 1.29 is 19.0 Å². The number of likely N-dealkylation sites (N-methyl/N-ethyl adjacent to an activating group) is 1. The van der Waals surface area contributed by atoms with Crippen LogP contribution >= 0.6 is 0 Å². The van der Waals surface area contributed by atoms with Gasteiger partial charge in [0.25, 0.3) is 5.56 Å². The number of cyclic esters (lactones) is 1. The molecule has 188 valence electrons. The summed E-state index contributed by atoms with van der Waals surface area (Å²) in [6, 6.07) is 6.36. The molecule has 1 aromatic carbocycles. The highest BCUT2D eigenvalue weighted by atomic mass is 19.1. The number of rotatable bonds is 6. The van der Waals surface area contributed by atoms with E-state index in [-0.39, 0.29) is 41.5 Å². The Morgan fingerprint density at radius 1 is 1.19 bits per heavy atom. The molecule has 1 aliphatic carbocycles. The van der Waals surface area contributed by atoms with Gasteiger partial charge in [0.1, 0.15) is 12.4 Å². The highest BCUT2D eigenvalue weighted by Crippen LogP contribution is 2.38. The molecule has 3 aromatic rings. The lowest BCUT2D eigenvalue weighted by atomic mass is 9.86. The molecule has 0 bridgehead atoms. The fraction of sp³-hybridized carbons (Fsp3) is 0.444. The number of esters is 1. The summed E-state index contributed by atoms with van der Waals surface area (Å²) in [4.78, 5) is 42.1. The number of nitrogens with zero attached hydrogens (tertiary/aromatic N) is 3. The molecule has 0 radical (unpaired) electrons. The first-order chi connectivity index (χ1) is 17.3. The van der Waals surface area contributed by atoms with Gasteiger partial charge in [-0.1, -0.05) is 13.8 Å². The number of hydrogen-bond acceptors (Lipinski definition) is 6. The van der Waals surface area contributed by atoms with E-state index < -0.39 is 22.9 Å². The smallest absolute Gasteiger partial charge is 0.343 e. The zero-order valence-electron chi connectivity index (χ0n) is 20.3. The maximum atomic E-state index is 14.3. The summed E-state index contributed by atoms with van der Waals surface area (Å²) in [6.45, 7) is 5.97. The van der Waals surface area contributed by atoms with Crippen molar-refractivity contribution in [1.82, 2.24) is 14.0 Å². The van der Waals surface area contributed by atoms with Gasteiger partial charge in [0.2, 0.25) is 0 Å². The van der Waals surface area contributed by atoms with E-state index in [0.29, 0.717) is 35.1 Å². The summed E-state index contributed by atoms with van der Waals surface area (Å²) >= 11 is 0. The molecular formula is C27H28FN3O5. The van der Waals surface area contributed by atoms with Crippen molar-refractivity contribution in [2.24, 2.45) is 0 Å². The Balaban J connectivity index is 1.59. The normalized spacial score (nSPS) is 20.4. The molecule has 1 N–H and O–H groups in total. The fourth-order valence-electron chi connectivity index (χ4n) is 5.84. The zero-order chi connectivity index (χ0) is 25.4. The summed E-state index contributed by atoms with van der Waals surface area (Å²) in [6.07, 6.45) is 2.38. The molecule has 1 fully saturated rings. The number of halogens is 1. The second-order valence-corrected chi connectivity index (χ2v) is 9.93. The van der Waals surface area contributed by atoms with Crippen LogP contribution in [0.25, 0.3) is 22.2 Å². The van der Waals surface area contributed by atoms with E-state index in [1.807, 2.05) is 4.57 Å². The Morgan fingerprint density at radius 2 is 1.97 bits per heavy atom. The van der Waals surface area contributed by atoms with E-state index in [1.54, 1.807) is 19.1 Å². The molecule has 8 nitrogen and oxygen atoms in total. The molecule has 6 rings (SSSR count). The van der Waals surface area contributed by atoms with E-state index >= 15 is 0 Å². The van der Waals surface area contributed by atoms with Crippen LogP contribution in [0.2, 0.25) is 0 Å². The van der Waals surface area contributed by atoms with Gasteiger partial charge in [0, 0.05) is 30.1 Å². The molecule has 2 aliphatic heterocycles. The van der Waals surface area contributed by atoms with Gasteiger partial charge in [0.15, 0.2) is 11.0 Å². The first-order valence-corrected chi connectivity index (χ1v) is 12.5. The summed E-state index contributed by atoms with van der Waals surface area (Å²) in [5.41, 5.74) is -0.355. The minimum Gasteiger partial charge on any atom is -0.458 e.